The molecular weight excluding hydrogens is 286 g/mol. The van der Waals surface area contributed by atoms with Gasteiger partial charge in [0.15, 0.2) is 0 Å². The number of aromatic nitrogens is 2. The van der Waals surface area contributed by atoms with Gasteiger partial charge in [0.25, 0.3) is 0 Å². The Balaban J connectivity index is 1.99. The largest absolute Gasteiger partial charge is 0.495 e. The second kappa shape index (κ2) is 5.39. The molecule has 4 nitrogen and oxygen atoms in total. The molecule has 0 unspecified atom stereocenters. The zero-order chi connectivity index (χ0) is 15.8. The fourth-order valence-electron chi connectivity index (χ4n) is 3.07. The molecule has 0 amide bonds. The van der Waals surface area contributed by atoms with Crippen LogP contribution in [0, 0.1) is 6.92 Å². The number of benzene rings is 1. The van der Waals surface area contributed by atoms with Crippen molar-refractivity contribution in [1.82, 2.24) is 9.97 Å². The fourth-order valence-corrected chi connectivity index (χ4v) is 3.07. The molecule has 0 N–H and O–H groups in total. The molecular formula is C19H17N3O. The molecule has 4 heteroatoms. The van der Waals surface area contributed by atoms with Gasteiger partial charge in [-0.25, -0.2) is 9.97 Å². The summed E-state index contributed by atoms with van der Waals surface area (Å²) in [6.07, 6.45) is 4.56. The molecule has 3 heterocycles. The summed E-state index contributed by atoms with van der Waals surface area (Å²) in [6.45, 7) is 2.07. The van der Waals surface area contributed by atoms with Crippen LogP contribution in [-0.2, 0) is 6.42 Å². The fraction of sp³-hybridized carbons (Fsp3) is 0.158. The molecule has 0 spiro atoms. The van der Waals surface area contributed by atoms with Gasteiger partial charge in [-0.15, -0.1) is 0 Å². The molecule has 0 saturated carbocycles. The van der Waals surface area contributed by atoms with Crippen molar-refractivity contribution in [1.29, 1.82) is 0 Å². The maximum absolute atomic E-state index is 5.56. The summed E-state index contributed by atoms with van der Waals surface area (Å²) in [6, 6.07) is 14.3. The first kappa shape index (κ1) is 13.8. The van der Waals surface area contributed by atoms with Gasteiger partial charge in [-0.3, -0.25) is 4.90 Å². The molecule has 23 heavy (non-hydrogen) atoms. The van der Waals surface area contributed by atoms with Crippen LogP contribution in [0.3, 0.4) is 0 Å². The van der Waals surface area contributed by atoms with Crippen LogP contribution in [0.25, 0.3) is 0 Å². The molecule has 0 aliphatic carbocycles. The van der Waals surface area contributed by atoms with E-state index in [2.05, 4.69) is 33.9 Å². The quantitative estimate of drug-likeness (QED) is 0.557. The van der Waals surface area contributed by atoms with E-state index in [4.69, 9.17) is 4.74 Å². The molecule has 1 aliphatic rings. The van der Waals surface area contributed by atoms with Crippen molar-refractivity contribution in [2.45, 2.75) is 13.3 Å². The van der Waals surface area contributed by atoms with Crippen molar-refractivity contribution in [2.24, 2.45) is 0 Å². The Morgan fingerprint density at radius 1 is 1.00 bits per heavy atom. The molecule has 0 saturated heterocycles. The van der Waals surface area contributed by atoms with Gasteiger partial charge < -0.3 is 4.74 Å². The summed E-state index contributed by atoms with van der Waals surface area (Å²) in [5, 5.41) is 0. The van der Waals surface area contributed by atoms with Crippen molar-refractivity contribution < 1.29 is 4.74 Å². The van der Waals surface area contributed by atoms with Crippen LogP contribution in [0.15, 0.2) is 54.9 Å². The summed E-state index contributed by atoms with van der Waals surface area (Å²) in [5.74, 6) is 2.64. The van der Waals surface area contributed by atoms with Gasteiger partial charge in [0.05, 0.1) is 12.8 Å². The average molecular weight is 303 g/mol. The maximum atomic E-state index is 5.56. The number of hydrogen-bond acceptors (Lipinski definition) is 4. The second-order valence-electron chi connectivity index (χ2n) is 5.67. The summed E-state index contributed by atoms with van der Waals surface area (Å²) in [7, 11) is 1.69. The number of pyridine rings is 2. The number of aryl methyl sites for hydroxylation is 1. The summed E-state index contributed by atoms with van der Waals surface area (Å²) < 4.78 is 5.56. The van der Waals surface area contributed by atoms with Gasteiger partial charge in [-0.2, -0.15) is 0 Å². The predicted octanol–water partition coefficient (Wildman–Crippen LogP) is 4.17. The second-order valence-corrected chi connectivity index (χ2v) is 5.67. The summed E-state index contributed by atoms with van der Waals surface area (Å²) >= 11 is 0. The van der Waals surface area contributed by atoms with Crippen LogP contribution in [0.2, 0.25) is 0 Å². The number of methoxy groups -OCH3 is 1. The lowest BCUT2D eigenvalue weighted by molar-refractivity contribution is 0.416. The molecule has 0 fully saturated rings. The van der Waals surface area contributed by atoms with Crippen LogP contribution in [0.5, 0.6) is 5.75 Å². The first-order valence-corrected chi connectivity index (χ1v) is 7.60. The molecule has 3 aromatic rings. The van der Waals surface area contributed by atoms with Crippen molar-refractivity contribution in [3.8, 4) is 5.75 Å². The number of hydrogen-bond donors (Lipinski definition) is 0. The van der Waals surface area contributed by atoms with Gasteiger partial charge in [0.2, 0.25) is 0 Å². The smallest absolute Gasteiger partial charge is 0.142 e. The molecule has 4 rings (SSSR count). The molecule has 1 aromatic carbocycles. The average Bonchev–Trinajstić information content (AvgIpc) is 2.59. The lowest BCUT2D eigenvalue weighted by atomic mass is 9.99. The number of rotatable bonds is 2. The number of ether oxygens (including phenoxy) is 1. The first-order chi connectivity index (χ1) is 11.3. The molecule has 0 radical (unpaired) electrons. The van der Waals surface area contributed by atoms with E-state index in [0.29, 0.717) is 0 Å². The number of nitrogens with zero attached hydrogens (tertiary/aromatic N) is 3. The van der Waals surface area contributed by atoms with Crippen molar-refractivity contribution >= 4 is 17.3 Å². The van der Waals surface area contributed by atoms with Gasteiger partial charge in [0.1, 0.15) is 17.4 Å². The van der Waals surface area contributed by atoms with Gasteiger partial charge in [-0.05, 0) is 36.2 Å². The molecule has 1 aliphatic heterocycles. The van der Waals surface area contributed by atoms with E-state index in [1.165, 1.54) is 11.1 Å². The summed E-state index contributed by atoms with van der Waals surface area (Å²) in [5.41, 5.74) is 4.51. The highest BCUT2D eigenvalue weighted by Gasteiger charge is 2.28. The topological polar surface area (TPSA) is 38.2 Å². The zero-order valence-electron chi connectivity index (χ0n) is 13.2. The van der Waals surface area contributed by atoms with E-state index in [0.717, 1.165) is 35.1 Å². The Hall–Kier alpha value is -2.88. The van der Waals surface area contributed by atoms with E-state index in [9.17, 15) is 0 Å². The third kappa shape index (κ3) is 2.23. The monoisotopic (exact) mass is 303 g/mol. The van der Waals surface area contributed by atoms with Crippen molar-refractivity contribution in [3.63, 3.8) is 0 Å². The van der Waals surface area contributed by atoms with Crippen LogP contribution in [-0.4, -0.2) is 17.1 Å². The van der Waals surface area contributed by atoms with Crippen LogP contribution >= 0.6 is 0 Å². The Kier molecular flexibility index (Phi) is 3.23. The zero-order valence-corrected chi connectivity index (χ0v) is 13.2. The normalized spacial score (nSPS) is 12.5. The molecule has 0 bridgehead atoms. The maximum Gasteiger partial charge on any atom is 0.142 e. The van der Waals surface area contributed by atoms with E-state index in [1.807, 2.05) is 42.7 Å². The number of para-hydroxylation sites is 2. The van der Waals surface area contributed by atoms with Crippen LogP contribution < -0.4 is 9.64 Å². The van der Waals surface area contributed by atoms with E-state index < -0.39 is 0 Å². The Labute approximate surface area is 135 Å². The standard InChI is InChI=1S/C19H17N3O/c1-13-10-15-11-14-6-5-9-20-18(14)22(19(15)21-12-13)16-7-3-4-8-17(16)23-2/h3-10,12H,11H2,1-2H3. The minimum Gasteiger partial charge on any atom is -0.495 e. The third-order valence-electron chi connectivity index (χ3n) is 4.08. The van der Waals surface area contributed by atoms with Crippen molar-refractivity contribution in [3.05, 3.63) is 71.5 Å². The third-order valence-corrected chi connectivity index (χ3v) is 4.08. The molecule has 114 valence electrons. The van der Waals surface area contributed by atoms with Gasteiger partial charge in [0, 0.05) is 24.4 Å². The number of fused-ring (bicyclic) bond motifs is 2. The molecule has 2 aromatic heterocycles. The van der Waals surface area contributed by atoms with Crippen LogP contribution in [0.1, 0.15) is 16.7 Å². The highest BCUT2D eigenvalue weighted by Crippen LogP contribution is 2.44. The SMILES string of the molecule is COc1ccccc1N1c2ncccc2Cc2cc(C)cnc21. The van der Waals surface area contributed by atoms with E-state index >= 15 is 0 Å². The Bertz CT molecular complexity index is 876. The summed E-state index contributed by atoms with van der Waals surface area (Å²) in [4.78, 5) is 11.4. The van der Waals surface area contributed by atoms with Crippen LogP contribution in [0.4, 0.5) is 17.3 Å². The lowest BCUT2D eigenvalue weighted by Crippen LogP contribution is -2.21. The highest BCUT2D eigenvalue weighted by molar-refractivity contribution is 5.82. The minimum absolute atomic E-state index is 0.805. The minimum atomic E-state index is 0.805. The molecule has 0 atom stereocenters. The van der Waals surface area contributed by atoms with E-state index in [-0.39, 0.29) is 0 Å². The Morgan fingerprint density at radius 2 is 1.83 bits per heavy atom. The highest BCUT2D eigenvalue weighted by atomic mass is 16.5. The number of anilines is 3. The van der Waals surface area contributed by atoms with Gasteiger partial charge in [-0.1, -0.05) is 24.3 Å². The Morgan fingerprint density at radius 3 is 2.70 bits per heavy atom. The van der Waals surface area contributed by atoms with E-state index in [1.54, 1.807) is 7.11 Å². The lowest BCUT2D eigenvalue weighted by Gasteiger charge is -2.31. The van der Waals surface area contributed by atoms with Crippen molar-refractivity contribution in [2.75, 3.05) is 12.0 Å². The first-order valence-electron chi connectivity index (χ1n) is 7.60. The predicted molar refractivity (Wildman–Crippen MR) is 90.8 cm³/mol. The van der Waals surface area contributed by atoms with Gasteiger partial charge >= 0.3 is 0 Å².